The van der Waals surface area contributed by atoms with Gasteiger partial charge in [-0.05, 0) is 49.4 Å². The number of rotatable bonds is 8. The van der Waals surface area contributed by atoms with E-state index < -0.39 is 0 Å². The van der Waals surface area contributed by atoms with Crippen molar-refractivity contribution in [2.24, 2.45) is 5.73 Å². The molecule has 6 heteroatoms. The summed E-state index contributed by atoms with van der Waals surface area (Å²) in [6.07, 6.45) is 2.96. The Labute approximate surface area is 163 Å². The van der Waals surface area contributed by atoms with Crippen LogP contribution in [0.2, 0.25) is 0 Å². The van der Waals surface area contributed by atoms with Crippen LogP contribution in [0.4, 0.5) is 0 Å². The fourth-order valence-electron chi connectivity index (χ4n) is 3.04. The summed E-state index contributed by atoms with van der Waals surface area (Å²) < 4.78 is 5.84. The number of hydrogen-bond acceptors (Lipinski definition) is 5. The second-order valence-electron chi connectivity index (χ2n) is 6.37. The maximum atomic E-state index is 13.0. The zero-order chi connectivity index (χ0) is 18.2. The number of nitrogens with zero attached hydrogens (tertiary/aromatic N) is 1. The van der Waals surface area contributed by atoms with Crippen LogP contribution < -0.4 is 5.73 Å². The van der Waals surface area contributed by atoms with E-state index >= 15 is 0 Å². The van der Waals surface area contributed by atoms with Crippen molar-refractivity contribution in [2.45, 2.75) is 36.0 Å². The molecule has 1 aromatic carbocycles. The molecule has 4 nitrogen and oxygen atoms in total. The molecule has 140 valence electrons. The Morgan fingerprint density at radius 1 is 1.23 bits per heavy atom. The normalized spacial score (nSPS) is 15.3. The van der Waals surface area contributed by atoms with E-state index in [0.29, 0.717) is 6.54 Å². The molecule has 2 heterocycles. The van der Waals surface area contributed by atoms with Gasteiger partial charge < -0.3 is 15.4 Å². The van der Waals surface area contributed by atoms with Gasteiger partial charge in [0.2, 0.25) is 0 Å². The minimum absolute atomic E-state index is 0.139. The molecule has 1 aliphatic heterocycles. The van der Waals surface area contributed by atoms with Crippen LogP contribution >= 0.6 is 23.1 Å². The van der Waals surface area contributed by atoms with E-state index in [1.165, 1.54) is 4.88 Å². The first-order valence-electron chi connectivity index (χ1n) is 9.13. The number of nitrogens with two attached hydrogens (primary N) is 1. The molecule has 0 aliphatic carbocycles. The molecule has 1 aromatic heterocycles. The number of thioether (sulfide) groups is 1. The highest BCUT2D eigenvalue weighted by atomic mass is 32.2. The van der Waals surface area contributed by atoms with Crippen molar-refractivity contribution in [2.75, 3.05) is 26.2 Å². The predicted molar refractivity (Wildman–Crippen MR) is 109 cm³/mol. The van der Waals surface area contributed by atoms with Gasteiger partial charge >= 0.3 is 0 Å². The van der Waals surface area contributed by atoms with E-state index in [9.17, 15) is 4.79 Å². The summed E-state index contributed by atoms with van der Waals surface area (Å²) in [6.45, 7) is 2.90. The third-order valence-corrected chi connectivity index (χ3v) is 6.68. The van der Waals surface area contributed by atoms with Gasteiger partial charge in [0.05, 0.1) is 11.7 Å². The largest absolute Gasteiger partial charge is 0.378 e. The Morgan fingerprint density at radius 3 is 2.77 bits per heavy atom. The number of thiophene rings is 1. The van der Waals surface area contributed by atoms with Crippen molar-refractivity contribution in [3.05, 3.63) is 52.2 Å². The molecule has 1 saturated heterocycles. The first-order chi connectivity index (χ1) is 12.8. The van der Waals surface area contributed by atoms with Gasteiger partial charge in [-0.2, -0.15) is 0 Å². The maximum Gasteiger partial charge on any atom is 0.254 e. The molecule has 1 aliphatic rings. The molecule has 0 radical (unpaired) electrons. The monoisotopic (exact) mass is 390 g/mol. The van der Waals surface area contributed by atoms with Crippen LogP contribution in [-0.4, -0.2) is 43.2 Å². The number of amides is 1. The molecule has 0 bridgehead atoms. The van der Waals surface area contributed by atoms with Gasteiger partial charge in [0, 0.05) is 35.2 Å². The first kappa shape index (κ1) is 19.4. The van der Waals surface area contributed by atoms with Crippen molar-refractivity contribution in [1.82, 2.24) is 4.90 Å². The number of likely N-dealkylation sites (tertiary alicyclic amines) is 1. The van der Waals surface area contributed by atoms with Gasteiger partial charge in [-0.1, -0.05) is 18.2 Å². The summed E-state index contributed by atoms with van der Waals surface area (Å²) in [5, 5.41) is 2.09. The van der Waals surface area contributed by atoms with E-state index in [2.05, 4.69) is 17.5 Å². The minimum atomic E-state index is 0.139. The number of benzene rings is 1. The van der Waals surface area contributed by atoms with Crippen LogP contribution in [-0.2, 0) is 10.5 Å². The molecule has 2 aromatic rings. The molecule has 3 rings (SSSR count). The molecule has 1 fully saturated rings. The Hall–Kier alpha value is -1.34. The van der Waals surface area contributed by atoms with Crippen LogP contribution in [0.1, 0.15) is 34.5 Å². The Balaban J connectivity index is 1.56. The maximum absolute atomic E-state index is 13.0. The summed E-state index contributed by atoms with van der Waals surface area (Å²) in [5.41, 5.74) is 6.32. The molecule has 2 N–H and O–H groups in total. The van der Waals surface area contributed by atoms with Gasteiger partial charge in [0.15, 0.2) is 0 Å². The number of ether oxygens (including phenoxy) is 1. The van der Waals surface area contributed by atoms with E-state index in [-0.39, 0.29) is 12.0 Å². The highest BCUT2D eigenvalue weighted by molar-refractivity contribution is 7.98. The average Bonchev–Trinajstić information content (AvgIpc) is 3.20. The topological polar surface area (TPSA) is 55.6 Å². The zero-order valence-corrected chi connectivity index (χ0v) is 16.6. The van der Waals surface area contributed by atoms with Crippen molar-refractivity contribution in [3.8, 4) is 0 Å². The van der Waals surface area contributed by atoms with E-state index in [1.54, 1.807) is 23.1 Å². The predicted octanol–water partition coefficient (Wildman–Crippen LogP) is 4.01. The summed E-state index contributed by atoms with van der Waals surface area (Å²) in [7, 11) is 0. The molecule has 0 unspecified atom stereocenters. The van der Waals surface area contributed by atoms with E-state index in [4.69, 9.17) is 10.5 Å². The molecule has 1 amide bonds. The van der Waals surface area contributed by atoms with E-state index in [0.717, 1.165) is 55.2 Å². The molecule has 0 atom stereocenters. The number of hydrogen-bond donors (Lipinski definition) is 1. The van der Waals surface area contributed by atoms with Gasteiger partial charge in [-0.3, -0.25) is 4.79 Å². The average molecular weight is 391 g/mol. The quantitative estimate of drug-likeness (QED) is 0.547. The van der Waals surface area contributed by atoms with Crippen LogP contribution in [0.15, 0.2) is 46.7 Å². The molecular weight excluding hydrogens is 364 g/mol. The number of carbonyl (C=O) groups is 1. The van der Waals surface area contributed by atoms with Crippen LogP contribution in [0.25, 0.3) is 0 Å². The van der Waals surface area contributed by atoms with Crippen molar-refractivity contribution in [3.63, 3.8) is 0 Å². The number of piperidine rings is 1. The lowest BCUT2D eigenvalue weighted by Gasteiger charge is -2.32. The standard InChI is InChI=1S/C20H26N2O2S2/c21-10-4-13-24-16-8-11-22(12-9-16)20(23)18-6-1-2-7-19(18)26-15-17-5-3-14-25-17/h1-3,5-7,14,16H,4,8-13,15,21H2. The van der Waals surface area contributed by atoms with Crippen molar-refractivity contribution in [1.29, 1.82) is 0 Å². The van der Waals surface area contributed by atoms with Crippen LogP contribution in [0, 0.1) is 0 Å². The lowest BCUT2D eigenvalue weighted by atomic mass is 10.1. The summed E-state index contributed by atoms with van der Waals surface area (Å²) >= 11 is 3.49. The van der Waals surface area contributed by atoms with Crippen LogP contribution in [0.5, 0.6) is 0 Å². The van der Waals surface area contributed by atoms with Gasteiger partial charge in [-0.25, -0.2) is 0 Å². The second kappa shape index (κ2) is 10.1. The summed E-state index contributed by atoms with van der Waals surface area (Å²) in [6, 6.07) is 12.2. The van der Waals surface area contributed by atoms with E-state index in [1.807, 2.05) is 29.2 Å². The highest BCUT2D eigenvalue weighted by Crippen LogP contribution is 2.29. The smallest absolute Gasteiger partial charge is 0.254 e. The number of carbonyl (C=O) groups excluding carboxylic acids is 1. The lowest BCUT2D eigenvalue weighted by molar-refractivity contribution is 0.00835. The Morgan fingerprint density at radius 2 is 2.04 bits per heavy atom. The molecule has 0 saturated carbocycles. The fraction of sp³-hybridized carbons (Fsp3) is 0.450. The van der Waals surface area contributed by atoms with Gasteiger partial charge in [0.25, 0.3) is 5.91 Å². The third kappa shape index (κ3) is 5.33. The summed E-state index contributed by atoms with van der Waals surface area (Å²) in [4.78, 5) is 17.4. The van der Waals surface area contributed by atoms with Crippen LogP contribution in [0.3, 0.4) is 0 Å². The molecule has 26 heavy (non-hydrogen) atoms. The zero-order valence-electron chi connectivity index (χ0n) is 14.9. The molecular formula is C20H26N2O2S2. The van der Waals surface area contributed by atoms with Gasteiger partial charge in [0.1, 0.15) is 0 Å². The van der Waals surface area contributed by atoms with Gasteiger partial charge in [-0.15, -0.1) is 23.1 Å². The Kier molecular flexibility index (Phi) is 7.55. The fourth-order valence-corrected chi connectivity index (χ4v) is 4.86. The third-order valence-electron chi connectivity index (χ3n) is 4.50. The SMILES string of the molecule is NCCCOC1CCN(C(=O)c2ccccc2SCc2cccs2)CC1. The molecule has 0 spiro atoms. The second-order valence-corrected chi connectivity index (χ2v) is 8.42. The van der Waals surface area contributed by atoms with Crippen molar-refractivity contribution < 1.29 is 9.53 Å². The highest BCUT2D eigenvalue weighted by Gasteiger charge is 2.25. The Bertz CT molecular complexity index is 683. The minimum Gasteiger partial charge on any atom is -0.378 e. The summed E-state index contributed by atoms with van der Waals surface area (Å²) in [5.74, 6) is 1.04. The van der Waals surface area contributed by atoms with Crippen molar-refractivity contribution >= 4 is 29.0 Å². The lowest BCUT2D eigenvalue weighted by Crippen LogP contribution is -2.41. The first-order valence-corrected chi connectivity index (χ1v) is 11.0.